The maximum atomic E-state index is 12.5. The fraction of sp³-hybridized carbons (Fsp3) is 0.176. The number of nitrogens with one attached hydrogen (secondary N) is 1. The smallest absolute Gasteiger partial charge is 0.268 e. The Labute approximate surface area is 133 Å². The van der Waals surface area contributed by atoms with Crippen molar-refractivity contribution >= 4 is 28.4 Å². The first-order valence-electron chi connectivity index (χ1n) is 7.03. The van der Waals surface area contributed by atoms with Crippen LogP contribution in [0, 0.1) is 0 Å². The molecular formula is C17H16ClN3O. The van der Waals surface area contributed by atoms with Gasteiger partial charge in [0, 0.05) is 29.2 Å². The number of aryl methyl sites for hydroxylation is 1. The summed E-state index contributed by atoms with van der Waals surface area (Å²) in [6.07, 6.45) is 1.72. The van der Waals surface area contributed by atoms with Crippen molar-refractivity contribution < 1.29 is 4.79 Å². The van der Waals surface area contributed by atoms with Gasteiger partial charge in [0.05, 0.1) is 11.7 Å². The Hall–Kier alpha value is -2.33. The molecule has 1 amide bonds. The molecule has 22 heavy (non-hydrogen) atoms. The summed E-state index contributed by atoms with van der Waals surface area (Å²) in [6, 6.07) is 13.0. The van der Waals surface area contributed by atoms with Gasteiger partial charge in [-0.3, -0.25) is 9.78 Å². The lowest BCUT2D eigenvalue weighted by atomic mass is 10.2. The number of rotatable bonds is 3. The fourth-order valence-electron chi connectivity index (χ4n) is 2.50. The number of hydrogen-bond acceptors (Lipinski definition) is 2. The summed E-state index contributed by atoms with van der Waals surface area (Å²) in [5.41, 5.74) is 2.36. The van der Waals surface area contributed by atoms with Crippen LogP contribution in [0.4, 0.5) is 0 Å². The van der Waals surface area contributed by atoms with Crippen molar-refractivity contribution in [3.63, 3.8) is 0 Å². The number of carbonyl (C=O) groups excluding carboxylic acids is 1. The first kappa shape index (κ1) is 14.6. The van der Waals surface area contributed by atoms with Crippen LogP contribution in [0.5, 0.6) is 0 Å². The summed E-state index contributed by atoms with van der Waals surface area (Å²) in [4.78, 5) is 16.8. The summed E-state index contributed by atoms with van der Waals surface area (Å²) >= 11 is 6.02. The van der Waals surface area contributed by atoms with Gasteiger partial charge in [-0.2, -0.15) is 0 Å². The second-order valence-corrected chi connectivity index (χ2v) is 5.68. The van der Waals surface area contributed by atoms with Crippen LogP contribution in [0.1, 0.15) is 29.1 Å². The summed E-state index contributed by atoms with van der Waals surface area (Å²) in [7, 11) is 1.86. The molecule has 0 bridgehead atoms. The number of halogens is 1. The lowest BCUT2D eigenvalue weighted by Crippen LogP contribution is -2.28. The van der Waals surface area contributed by atoms with E-state index in [9.17, 15) is 4.79 Å². The Balaban J connectivity index is 1.88. The molecule has 3 rings (SSSR count). The van der Waals surface area contributed by atoms with Gasteiger partial charge in [0.25, 0.3) is 5.91 Å². The van der Waals surface area contributed by atoms with Crippen LogP contribution < -0.4 is 5.32 Å². The molecule has 1 atom stereocenters. The van der Waals surface area contributed by atoms with Crippen LogP contribution in [-0.4, -0.2) is 15.5 Å². The first-order valence-corrected chi connectivity index (χ1v) is 7.41. The molecule has 1 N–H and O–H groups in total. The minimum atomic E-state index is -0.157. The molecule has 0 spiro atoms. The number of nitrogens with zero attached hydrogens (tertiary/aromatic N) is 2. The molecule has 0 radical (unpaired) electrons. The molecular weight excluding hydrogens is 298 g/mol. The Morgan fingerprint density at radius 3 is 2.82 bits per heavy atom. The molecule has 4 nitrogen and oxygen atoms in total. The van der Waals surface area contributed by atoms with Crippen molar-refractivity contribution in [3.05, 3.63) is 65.1 Å². The average Bonchev–Trinajstić information content (AvgIpc) is 2.85. The maximum absolute atomic E-state index is 12.5. The minimum Gasteiger partial charge on any atom is -0.343 e. The third-order valence-electron chi connectivity index (χ3n) is 3.72. The SMILES string of the molecule is C[C@@H](NC(=O)c1cc2ccc(Cl)cc2n1C)c1ccccn1. The summed E-state index contributed by atoms with van der Waals surface area (Å²) < 4.78 is 1.85. The van der Waals surface area contributed by atoms with Crippen LogP contribution in [0.25, 0.3) is 10.9 Å². The van der Waals surface area contributed by atoms with Gasteiger partial charge >= 0.3 is 0 Å². The zero-order valence-electron chi connectivity index (χ0n) is 12.4. The second-order valence-electron chi connectivity index (χ2n) is 5.24. The normalized spacial score (nSPS) is 12.3. The molecule has 112 valence electrons. The second kappa shape index (κ2) is 5.81. The summed E-state index contributed by atoms with van der Waals surface area (Å²) in [5.74, 6) is -0.132. The standard InChI is InChI=1S/C17H16ClN3O/c1-11(14-5-3-4-8-19-14)20-17(22)16-9-12-6-7-13(18)10-15(12)21(16)2/h3-11H,1-2H3,(H,20,22)/t11-/m1/s1. The Morgan fingerprint density at radius 2 is 2.09 bits per heavy atom. The predicted octanol–water partition coefficient (Wildman–Crippen LogP) is 3.72. The zero-order valence-corrected chi connectivity index (χ0v) is 13.1. The van der Waals surface area contributed by atoms with E-state index in [1.165, 1.54) is 0 Å². The highest BCUT2D eigenvalue weighted by molar-refractivity contribution is 6.31. The van der Waals surface area contributed by atoms with Crippen molar-refractivity contribution in [1.82, 2.24) is 14.9 Å². The first-order chi connectivity index (χ1) is 10.6. The topological polar surface area (TPSA) is 46.9 Å². The van der Waals surface area contributed by atoms with Crippen molar-refractivity contribution in [2.45, 2.75) is 13.0 Å². The lowest BCUT2D eigenvalue weighted by Gasteiger charge is -2.13. The van der Waals surface area contributed by atoms with Crippen molar-refractivity contribution in [1.29, 1.82) is 0 Å². The molecule has 0 aliphatic heterocycles. The van der Waals surface area contributed by atoms with Gasteiger partial charge in [0.1, 0.15) is 5.69 Å². The number of fused-ring (bicyclic) bond motifs is 1. The number of benzene rings is 1. The number of amides is 1. The van der Waals surface area contributed by atoms with Crippen LogP contribution in [0.3, 0.4) is 0 Å². The monoisotopic (exact) mass is 313 g/mol. The van der Waals surface area contributed by atoms with Gasteiger partial charge in [-0.25, -0.2) is 0 Å². The van der Waals surface area contributed by atoms with Crippen LogP contribution >= 0.6 is 11.6 Å². The fourth-order valence-corrected chi connectivity index (χ4v) is 2.66. The van der Waals surface area contributed by atoms with Gasteiger partial charge in [0.2, 0.25) is 0 Å². The van der Waals surface area contributed by atoms with E-state index >= 15 is 0 Å². The van der Waals surface area contributed by atoms with Crippen molar-refractivity contribution in [2.75, 3.05) is 0 Å². The van der Waals surface area contributed by atoms with E-state index in [1.807, 2.05) is 61.0 Å². The van der Waals surface area contributed by atoms with Crippen LogP contribution in [0.15, 0.2) is 48.7 Å². The quantitative estimate of drug-likeness (QED) is 0.801. The molecule has 2 aromatic heterocycles. The number of pyridine rings is 1. The molecule has 0 unspecified atom stereocenters. The zero-order chi connectivity index (χ0) is 15.7. The third-order valence-corrected chi connectivity index (χ3v) is 3.95. The molecule has 0 fully saturated rings. The van der Waals surface area contributed by atoms with Crippen molar-refractivity contribution in [2.24, 2.45) is 7.05 Å². The van der Waals surface area contributed by atoms with Gasteiger partial charge < -0.3 is 9.88 Å². The molecule has 0 saturated carbocycles. The molecule has 0 aliphatic rings. The van der Waals surface area contributed by atoms with Gasteiger partial charge in [-0.05, 0) is 37.3 Å². The summed E-state index contributed by atoms with van der Waals surface area (Å²) in [6.45, 7) is 1.92. The highest BCUT2D eigenvalue weighted by Gasteiger charge is 2.16. The van der Waals surface area contributed by atoms with E-state index in [1.54, 1.807) is 6.20 Å². The van der Waals surface area contributed by atoms with Gasteiger partial charge in [0.15, 0.2) is 0 Å². The van der Waals surface area contributed by atoms with Gasteiger partial charge in [-0.1, -0.05) is 23.7 Å². The van der Waals surface area contributed by atoms with E-state index in [4.69, 9.17) is 11.6 Å². The Bertz CT molecular complexity index is 827. The van der Waals surface area contributed by atoms with Gasteiger partial charge in [-0.15, -0.1) is 0 Å². The van der Waals surface area contributed by atoms with E-state index in [-0.39, 0.29) is 11.9 Å². The Kier molecular flexibility index (Phi) is 3.86. The van der Waals surface area contributed by atoms with Crippen LogP contribution in [0.2, 0.25) is 5.02 Å². The molecule has 0 aliphatic carbocycles. The molecule has 2 heterocycles. The molecule has 0 saturated heterocycles. The lowest BCUT2D eigenvalue weighted by molar-refractivity contribution is 0.0931. The van der Waals surface area contributed by atoms with Crippen LogP contribution in [-0.2, 0) is 7.05 Å². The number of aromatic nitrogens is 2. The molecule has 5 heteroatoms. The molecule has 3 aromatic rings. The summed E-state index contributed by atoms with van der Waals surface area (Å²) in [5, 5.41) is 4.62. The number of carbonyl (C=O) groups is 1. The highest BCUT2D eigenvalue weighted by atomic mass is 35.5. The van der Waals surface area contributed by atoms with Crippen molar-refractivity contribution in [3.8, 4) is 0 Å². The maximum Gasteiger partial charge on any atom is 0.268 e. The highest BCUT2D eigenvalue weighted by Crippen LogP contribution is 2.23. The minimum absolute atomic E-state index is 0.132. The largest absolute Gasteiger partial charge is 0.343 e. The predicted molar refractivity (Wildman–Crippen MR) is 88.0 cm³/mol. The molecule has 1 aromatic carbocycles. The third kappa shape index (κ3) is 2.70. The average molecular weight is 314 g/mol. The number of hydrogen-bond donors (Lipinski definition) is 1. The van der Waals surface area contributed by atoms with E-state index < -0.39 is 0 Å². The Morgan fingerprint density at radius 1 is 1.27 bits per heavy atom. The van der Waals surface area contributed by atoms with E-state index in [0.717, 1.165) is 16.6 Å². The van der Waals surface area contributed by atoms with E-state index in [0.29, 0.717) is 10.7 Å². The van der Waals surface area contributed by atoms with E-state index in [2.05, 4.69) is 10.3 Å².